The molecule has 7 heteroatoms. The van der Waals surface area contributed by atoms with Crippen LogP contribution in [0.5, 0.6) is 5.75 Å². The Kier molecular flexibility index (Phi) is 9.24. The van der Waals surface area contributed by atoms with Crippen molar-refractivity contribution in [1.82, 2.24) is 0 Å². The molecular formula is C27H38F6O. The molecule has 0 radical (unpaired) electrons. The van der Waals surface area contributed by atoms with Crippen LogP contribution in [0.2, 0.25) is 0 Å². The molecule has 1 aromatic carbocycles. The van der Waals surface area contributed by atoms with Crippen LogP contribution in [0.25, 0.3) is 0 Å². The zero-order valence-corrected chi connectivity index (χ0v) is 20.3. The second-order valence-electron chi connectivity index (χ2n) is 10.2. The van der Waals surface area contributed by atoms with Crippen LogP contribution in [0.1, 0.15) is 114 Å². The molecule has 0 amide bonds. The number of alkyl halides is 6. The molecule has 0 aromatic heterocycles. The largest absolute Gasteiger partial charge is 0.493 e. The fourth-order valence-corrected chi connectivity index (χ4v) is 6.34. The Morgan fingerprint density at radius 2 is 1.29 bits per heavy atom. The second-order valence-corrected chi connectivity index (χ2v) is 10.2. The van der Waals surface area contributed by atoms with Gasteiger partial charge in [-0.15, -0.1) is 0 Å². The quantitative estimate of drug-likeness (QED) is 0.259. The van der Waals surface area contributed by atoms with Crippen LogP contribution in [0.3, 0.4) is 0 Å². The minimum absolute atomic E-state index is 0.133. The molecule has 194 valence electrons. The molecule has 0 aliphatic heterocycles. The first-order chi connectivity index (χ1) is 16.1. The molecule has 0 bridgehead atoms. The average molecular weight is 493 g/mol. The Balaban J connectivity index is 1.71. The lowest BCUT2D eigenvalue weighted by molar-refractivity contribution is -0.163. The summed E-state index contributed by atoms with van der Waals surface area (Å²) in [5.41, 5.74) is -3.45. The number of rotatable bonds is 8. The van der Waals surface area contributed by atoms with E-state index in [1.807, 2.05) is 0 Å². The highest BCUT2D eigenvalue weighted by atomic mass is 19.4. The SMILES string of the molecule is CCCCCC1CCC(C2CCC(c3ccc(OCC)c(C(F)(F)F)c3C(F)(F)F)CC2)CC1. The van der Waals surface area contributed by atoms with Gasteiger partial charge in [0.2, 0.25) is 0 Å². The van der Waals surface area contributed by atoms with Crippen molar-refractivity contribution in [3.8, 4) is 5.75 Å². The van der Waals surface area contributed by atoms with Crippen LogP contribution < -0.4 is 4.74 Å². The summed E-state index contributed by atoms with van der Waals surface area (Å²) in [6.07, 6.45) is 2.31. The van der Waals surface area contributed by atoms with Gasteiger partial charge in [-0.1, -0.05) is 51.5 Å². The van der Waals surface area contributed by atoms with Gasteiger partial charge >= 0.3 is 12.4 Å². The summed E-state index contributed by atoms with van der Waals surface area (Å²) in [6, 6.07) is 2.29. The summed E-state index contributed by atoms with van der Waals surface area (Å²) in [7, 11) is 0. The highest BCUT2D eigenvalue weighted by molar-refractivity contribution is 5.50. The first-order valence-corrected chi connectivity index (χ1v) is 13.0. The molecule has 2 aliphatic rings. The maximum atomic E-state index is 14.0. The van der Waals surface area contributed by atoms with Gasteiger partial charge in [0.15, 0.2) is 0 Å². The van der Waals surface area contributed by atoms with Crippen molar-refractivity contribution in [1.29, 1.82) is 0 Å². The number of unbranched alkanes of at least 4 members (excludes halogenated alkanes) is 2. The molecule has 34 heavy (non-hydrogen) atoms. The predicted molar refractivity (Wildman–Crippen MR) is 122 cm³/mol. The number of hydrogen-bond acceptors (Lipinski definition) is 1. The first kappa shape index (κ1) is 27.2. The molecule has 2 saturated carbocycles. The standard InChI is InChI=1S/C27H38F6O/c1-3-5-6-7-18-8-10-19(11-9-18)20-12-14-21(15-13-20)22-16-17-23(34-4-2)25(27(31,32)33)24(22)26(28,29)30/h16-21H,3-15H2,1-2H3. The summed E-state index contributed by atoms with van der Waals surface area (Å²) in [5.74, 6) is 0.645. The molecular weight excluding hydrogens is 454 g/mol. The fraction of sp³-hybridized carbons (Fsp3) is 0.778. The van der Waals surface area contributed by atoms with E-state index >= 15 is 0 Å². The maximum absolute atomic E-state index is 14.0. The van der Waals surface area contributed by atoms with Crippen molar-refractivity contribution in [2.75, 3.05) is 6.61 Å². The summed E-state index contributed by atoms with van der Waals surface area (Å²) >= 11 is 0. The lowest BCUT2D eigenvalue weighted by Crippen LogP contribution is -2.27. The van der Waals surface area contributed by atoms with Crippen molar-refractivity contribution >= 4 is 0 Å². The van der Waals surface area contributed by atoms with E-state index in [0.29, 0.717) is 24.7 Å². The van der Waals surface area contributed by atoms with Gasteiger partial charge in [0, 0.05) is 0 Å². The van der Waals surface area contributed by atoms with Crippen molar-refractivity contribution in [2.24, 2.45) is 17.8 Å². The van der Waals surface area contributed by atoms with E-state index in [9.17, 15) is 26.3 Å². The molecule has 0 spiro atoms. The number of benzene rings is 1. The number of ether oxygens (including phenoxy) is 1. The number of halogens is 6. The first-order valence-electron chi connectivity index (χ1n) is 13.0. The van der Waals surface area contributed by atoms with Crippen molar-refractivity contribution in [3.05, 3.63) is 28.8 Å². The van der Waals surface area contributed by atoms with Crippen LogP contribution in [0.15, 0.2) is 12.1 Å². The zero-order chi connectivity index (χ0) is 24.9. The molecule has 0 heterocycles. The van der Waals surface area contributed by atoms with Crippen molar-refractivity contribution in [3.63, 3.8) is 0 Å². The summed E-state index contributed by atoms with van der Waals surface area (Å²) in [5, 5.41) is 0. The third-order valence-corrected chi connectivity index (χ3v) is 8.05. The van der Waals surface area contributed by atoms with Crippen LogP contribution in [0, 0.1) is 17.8 Å². The molecule has 3 rings (SSSR count). The van der Waals surface area contributed by atoms with E-state index in [2.05, 4.69) is 6.92 Å². The Morgan fingerprint density at radius 3 is 1.79 bits per heavy atom. The molecule has 2 fully saturated rings. The van der Waals surface area contributed by atoms with Crippen LogP contribution in [0.4, 0.5) is 26.3 Å². The monoisotopic (exact) mass is 492 g/mol. The minimum atomic E-state index is -5.14. The maximum Gasteiger partial charge on any atom is 0.420 e. The van der Waals surface area contributed by atoms with E-state index in [-0.39, 0.29) is 12.2 Å². The van der Waals surface area contributed by atoms with Gasteiger partial charge in [-0.05, 0) is 80.8 Å². The third kappa shape index (κ3) is 6.63. The molecule has 0 N–H and O–H groups in total. The van der Waals surface area contributed by atoms with E-state index in [1.54, 1.807) is 0 Å². The van der Waals surface area contributed by atoms with E-state index in [4.69, 9.17) is 4.74 Å². The van der Waals surface area contributed by atoms with Crippen molar-refractivity contribution in [2.45, 2.75) is 109 Å². The Hall–Kier alpha value is -1.40. The normalized spacial score (nSPS) is 26.5. The van der Waals surface area contributed by atoms with Crippen LogP contribution in [-0.2, 0) is 12.4 Å². The second kappa shape index (κ2) is 11.6. The fourth-order valence-electron chi connectivity index (χ4n) is 6.34. The van der Waals surface area contributed by atoms with Gasteiger partial charge in [-0.25, -0.2) is 0 Å². The Bertz CT molecular complexity index is 769. The van der Waals surface area contributed by atoms with E-state index < -0.39 is 35.1 Å². The van der Waals surface area contributed by atoms with E-state index in [1.165, 1.54) is 64.4 Å². The molecule has 0 unspecified atom stereocenters. The Morgan fingerprint density at radius 1 is 0.735 bits per heavy atom. The summed E-state index contributed by atoms with van der Waals surface area (Å²) < 4.78 is 88.2. The molecule has 0 atom stereocenters. The summed E-state index contributed by atoms with van der Waals surface area (Å²) in [6.45, 7) is 3.54. The highest BCUT2D eigenvalue weighted by Crippen LogP contribution is 2.51. The van der Waals surface area contributed by atoms with Crippen LogP contribution >= 0.6 is 0 Å². The van der Waals surface area contributed by atoms with Crippen LogP contribution in [-0.4, -0.2) is 6.61 Å². The smallest absolute Gasteiger partial charge is 0.420 e. The third-order valence-electron chi connectivity index (χ3n) is 8.05. The highest BCUT2D eigenvalue weighted by Gasteiger charge is 2.48. The van der Waals surface area contributed by atoms with E-state index in [0.717, 1.165) is 24.8 Å². The zero-order valence-electron chi connectivity index (χ0n) is 20.3. The van der Waals surface area contributed by atoms with Crippen molar-refractivity contribution < 1.29 is 31.1 Å². The molecule has 1 nitrogen and oxygen atoms in total. The molecule has 2 aliphatic carbocycles. The molecule has 0 saturated heterocycles. The lowest BCUT2D eigenvalue weighted by atomic mass is 9.67. The summed E-state index contributed by atoms with van der Waals surface area (Å²) in [4.78, 5) is 0. The van der Waals surface area contributed by atoms with Gasteiger partial charge in [0.1, 0.15) is 11.3 Å². The number of hydrogen-bond donors (Lipinski definition) is 0. The average Bonchev–Trinajstić information content (AvgIpc) is 2.78. The van der Waals surface area contributed by atoms with Gasteiger partial charge in [0.25, 0.3) is 0 Å². The predicted octanol–water partition coefficient (Wildman–Crippen LogP) is 9.78. The van der Waals surface area contributed by atoms with Gasteiger partial charge < -0.3 is 4.74 Å². The lowest BCUT2D eigenvalue weighted by Gasteiger charge is -2.38. The molecule has 1 aromatic rings. The minimum Gasteiger partial charge on any atom is -0.493 e. The van der Waals surface area contributed by atoms with Gasteiger partial charge in [0.05, 0.1) is 12.2 Å². The topological polar surface area (TPSA) is 9.23 Å². The van der Waals surface area contributed by atoms with Gasteiger partial charge in [-0.2, -0.15) is 26.3 Å². The Labute approximate surface area is 199 Å². The van der Waals surface area contributed by atoms with Gasteiger partial charge in [-0.3, -0.25) is 0 Å².